The molecule has 1 aliphatic carbocycles. The van der Waals surface area contributed by atoms with E-state index in [9.17, 15) is 9.59 Å². The van der Waals surface area contributed by atoms with E-state index in [4.69, 9.17) is 11.6 Å². The Balaban J connectivity index is 1.37. The Bertz CT molecular complexity index is 1410. The zero-order valence-corrected chi connectivity index (χ0v) is 19.6. The van der Waals surface area contributed by atoms with Crippen molar-refractivity contribution in [1.29, 1.82) is 0 Å². The van der Waals surface area contributed by atoms with Crippen molar-refractivity contribution in [3.63, 3.8) is 0 Å². The van der Waals surface area contributed by atoms with Gasteiger partial charge in [-0.05, 0) is 54.2 Å². The number of aryl methyl sites for hydroxylation is 2. The van der Waals surface area contributed by atoms with Crippen molar-refractivity contribution < 1.29 is 4.79 Å². The van der Waals surface area contributed by atoms with Crippen LogP contribution in [0.25, 0.3) is 11.0 Å². The van der Waals surface area contributed by atoms with E-state index in [0.29, 0.717) is 17.3 Å². The van der Waals surface area contributed by atoms with E-state index >= 15 is 0 Å². The minimum absolute atomic E-state index is 0.0268. The molecule has 0 fully saturated rings. The maximum Gasteiger partial charge on any atom is 0.273 e. The van der Waals surface area contributed by atoms with Crippen molar-refractivity contribution in [3.8, 4) is 0 Å². The third-order valence-corrected chi connectivity index (χ3v) is 6.87. The monoisotopic (exact) mass is 471 g/mol. The number of carbonyl (C=O) groups excluding carboxylic acids is 1. The molecule has 6 heteroatoms. The number of nitrogens with zero attached hydrogens (tertiary/aromatic N) is 2. The van der Waals surface area contributed by atoms with Gasteiger partial charge in [0.1, 0.15) is 5.69 Å². The molecule has 0 radical (unpaired) electrons. The van der Waals surface area contributed by atoms with Crippen molar-refractivity contribution in [2.75, 3.05) is 0 Å². The van der Waals surface area contributed by atoms with E-state index in [1.165, 1.54) is 11.1 Å². The van der Waals surface area contributed by atoms with Crippen molar-refractivity contribution in [2.24, 2.45) is 0 Å². The lowest BCUT2D eigenvalue weighted by atomic mass is 9.87. The number of rotatable bonds is 6. The third-order valence-electron chi connectivity index (χ3n) is 6.50. The number of aromatic nitrogens is 2. The first kappa shape index (κ1) is 22.4. The Morgan fingerprint density at radius 2 is 1.79 bits per heavy atom. The Morgan fingerprint density at radius 1 is 1.03 bits per heavy atom. The number of carbonyl (C=O) groups is 1. The molecule has 0 unspecified atom stereocenters. The minimum Gasteiger partial charge on any atom is -0.349 e. The fourth-order valence-electron chi connectivity index (χ4n) is 4.76. The molecule has 0 saturated carbocycles. The Morgan fingerprint density at radius 3 is 2.68 bits per heavy atom. The second kappa shape index (κ2) is 9.82. The number of benzene rings is 3. The number of hydrogen-bond donors (Lipinski definition) is 1. The second-order valence-electron chi connectivity index (χ2n) is 8.74. The van der Waals surface area contributed by atoms with Crippen molar-refractivity contribution in [3.05, 3.63) is 111 Å². The highest BCUT2D eigenvalue weighted by molar-refractivity contribution is 6.31. The van der Waals surface area contributed by atoms with Crippen molar-refractivity contribution in [2.45, 2.75) is 44.7 Å². The first-order valence-corrected chi connectivity index (χ1v) is 12.1. The predicted octanol–water partition coefficient (Wildman–Crippen LogP) is 5.22. The first-order valence-electron chi connectivity index (χ1n) is 11.7. The lowest BCUT2D eigenvalue weighted by Gasteiger charge is -2.26. The van der Waals surface area contributed by atoms with Crippen LogP contribution in [0.5, 0.6) is 0 Å². The molecule has 0 saturated heterocycles. The molecule has 5 nitrogen and oxygen atoms in total. The van der Waals surface area contributed by atoms with Crippen LogP contribution in [0.3, 0.4) is 0 Å². The molecule has 1 aliphatic rings. The van der Waals surface area contributed by atoms with E-state index in [0.717, 1.165) is 35.9 Å². The average molecular weight is 472 g/mol. The number of fused-ring (bicyclic) bond motifs is 2. The van der Waals surface area contributed by atoms with Crippen LogP contribution in [-0.2, 0) is 24.2 Å². The lowest BCUT2D eigenvalue weighted by molar-refractivity contribution is -0.121. The standard InChI is InChI=1S/C28H26ClN3O2/c29-22-12-4-2-9-20(22)18-32-26-15-6-5-13-24(26)30-25(28(32)34)16-17-27(33)31-23-14-7-10-19-8-1-3-11-21(19)23/h1-6,8-9,11-13,15,23H,7,10,14,16-18H2,(H,31,33)/t23-/m0/s1. The van der Waals surface area contributed by atoms with Crippen LogP contribution in [-0.4, -0.2) is 15.5 Å². The molecule has 0 bridgehead atoms. The van der Waals surface area contributed by atoms with Gasteiger partial charge in [-0.25, -0.2) is 4.98 Å². The van der Waals surface area contributed by atoms with E-state index in [1.54, 1.807) is 4.57 Å². The molecule has 1 heterocycles. The summed E-state index contributed by atoms with van der Waals surface area (Å²) in [6.07, 6.45) is 3.54. The normalized spacial score (nSPS) is 15.1. The van der Waals surface area contributed by atoms with Gasteiger partial charge in [0.05, 0.1) is 23.6 Å². The zero-order valence-electron chi connectivity index (χ0n) is 18.8. The summed E-state index contributed by atoms with van der Waals surface area (Å²) in [6.45, 7) is 0.347. The SMILES string of the molecule is O=C(CCc1nc2ccccc2n(Cc2ccccc2Cl)c1=O)N[C@H]1CCCc2ccccc21. The quantitative estimate of drug-likeness (QED) is 0.419. The van der Waals surface area contributed by atoms with E-state index in [2.05, 4.69) is 22.4 Å². The van der Waals surface area contributed by atoms with Crippen LogP contribution in [0.15, 0.2) is 77.6 Å². The summed E-state index contributed by atoms with van der Waals surface area (Å²) in [5.41, 5.74) is 5.05. The summed E-state index contributed by atoms with van der Waals surface area (Å²) in [7, 11) is 0. The number of halogens is 1. The van der Waals surface area contributed by atoms with E-state index in [1.807, 2.05) is 60.7 Å². The largest absolute Gasteiger partial charge is 0.349 e. The highest BCUT2D eigenvalue weighted by atomic mass is 35.5. The molecule has 5 rings (SSSR count). The maximum atomic E-state index is 13.4. The molecule has 0 aliphatic heterocycles. The maximum absolute atomic E-state index is 13.4. The molecular formula is C28H26ClN3O2. The molecule has 0 spiro atoms. The first-order chi connectivity index (χ1) is 16.6. The summed E-state index contributed by atoms with van der Waals surface area (Å²) >= 11 is 6.36. The van der Waals surface area contributed by atoms with Gasteiger partial charge in [0.25, 0.3) is 5.56 Å². The van der Waals surface area contributed by atoms with Crippen LogP contribution in [0.4, 0.5) is 0 Å². The van der Waals surface area contributed by atoms with Crippen molar-refractivity contribution in [1.82, 2.24) is 14.9 Å². The zero-order chi connectivity index (χ0) is 23.5. The molecule has 34 heavy (non-hydrogen) atoms. The van der Waals surface area contributed by atoms with Gasteiger partial charge < -0.3 is 9.88 Å². The second-order valence-corrected chi connectivity index (χ2v) is 9.15. The van der Waals surface area contributed by atoms with Crippen LogP contribution >= 0.6 is 11.6 Å². The van der Waals surface area contributed by atoms with Gasteiger partial charge in [-0.15, -0.1) is 0 Å². The van der Waals surface area contributed by atoms with Gasteiger partial charge >= 0.3 is 0 Å². The van der Waals surface area contributed by atoms with E-state index < -0.39 is 0 Å². The van der Waals surface area contributed by atoms with Crippen LogP contribution in [0.1, 0.15) is 47.7 Å². The van der Waals surface area contributed by atoms with Gasteiger partial charge in [-0.3, -0.25) is 9.59 Å². The van der Waals surface area contributed by atoms with Crippen LogP contribution in [0, 0.1) is 0 Å². The van der Waals surface area contributed by atoms with Gasteiger partial charge in [0.2, 0.25) is 5.91 Å². The summed E-state index contributed by atoms with van der Waals surface area (Å²) in [4.78, 5) is 30.8. The number of hydrogen-bond acceptors (Lipinski definition) is 3. The number of nitrogens with one attached hydrogen (secondary N) is 1. The van der Waals surface area contributed by atoms with Crippen molar-refractivity contribution >= 4 is 28.5 Å². The molecule has 4 aromatic rings. The van der Waals surface area contributed by atoms with Gasteiger partial charge in [0, 0.05) is 17.9 Å². The number of para-hydroxylation sites is 2. The molecule has 172 valence electrons. The molecule has 3 aromatic carbocycles. The molecule has 1 aromatic heterocycles. The summed E-state index contributed by atoms with van der Waals surface area (Å²) in [5.74, 6) is -0.0614. The summed E-state index contributed by atoms with van der Waals surface area (Å²) in [6, 6.07) is 23.4. The highest BCUT2D eigenvalue weighted by Crippen LogP contribution is 2.29. The molecule has 1 amide bonds. The lowest BCUT2D eigenvalue weighted by Crippen LogP contribution is -2.32. The Hall–Kier alpha value is -3.44. The minimum atomic E-state index is -0.186. The highest BCUT2D eigenvalue weighted by Gasteiger charge is 2.22. The Kier molecular flexibility index (Phi) is 6.45. The Labute approximate surface area is 203 Å². The third kappa shape index (κ3) is 4.62. The molecule has 1 N–H and O–H groups in total. The average Bonchev–Trinajstić information content (AvgIpc) is 2.86. The van der Waals surface area contributed by atoms with Gasteiger partial charge in [0.15, 0.2) is 0 Å². The molecule has 1 atom stereocenters. The predicted molar refractivity (Wildman–Crippen MR) is 135 cm³/mol. The smallest absolute Gasteiger partial charge is 0.273 e. The summed E-state index contributed by atoms with van der Waals surface area (Å²) < 4.78 is 1.70. The fourth-order valence-corrected chi connectivity index (χ4v) is 4.96. The van der Waals surface area contributed by atoms with Crippen LogP contribution in [0.2, 0.25) is 5.02 Å². The fraction of sp³-hybridized carbons (Fsp3) is 0.250. The summed E-state index contributed by atoms with van der Waals surface area (Å²) in [5, 5.41) is 3.79. The number of amides is 1. The van der Waals surface area contributed by atoms with Gasteiger partial charge in [-0.2, -0.15) is 0 Å². The van der Waals surface area contributed by atoms with E-state index in [-0.39, 0.29) is 30.3 Å². The van der Waals surface area contributed by atoms with Crippen LogP contribution < -0.4 is 10.9 Å². The molecular weight excluding hydrogens is 446 g/mol. The van der Waals surface area contributed by atoms with Gasteiger partial charge in [-0.1, -0.05) is 66.2 Å². The topological polar surface area (TPSA) is 64.0 Å².